The molecule has 0 amide bonds. The van der Waals surface area contributed by atoms with Crippen LogP contribution >= 0.6 is 11.6 Å². The van der Waals surface area contributed by atoms with Gasteiger partial charge in [0.15, 0.2) is 5.00 Å². The van der Waals surface area contributed by atoms with E-state index in [1.807, 2.05) is 67.0 Å². The zero-order valence-electron chi connectivity index (χ0n) is 9.42. The van der Waals surface area contributed by atoms with Gasteiger partial charge in [0.25, 0.3) is 0 Å². The summed E-state index contributed by atoms with van der Waals surface area (Å²) in [7, 11) is 1.96. The summed E-state index contributed by atoms with van der Waals surface area (Å²) in [5.74, 6) is 0. The number of aromatic nitrogens is 2. The third kappa shape index (κ3) is 1.72. The molecule has 0 radical (unpaired) electrons. The Labute approximate surface area is 105 Å². The lowest BCUT2D eigenvalue weighted by molar-refractivity contribution is 0.518. The zero-order valence-corrected chi connectivity index (χ0v) is 10.2. The highest BCUT2D eigenvalue weighted by Crippen LogP contribution is 2.29. The fourth-order valence-electron chi connectivity index (χ4n) is 1.84. The van der Waals surface area contributed by atoms with E-state index in [2.05, 4.69) is 5.10 Å². The summed E-state index contributed by atoms with van der Waals surface area (Å²) in [6, 6.07) is 7.98. The molecule has 2 heterocycles. The normalized spacial score (nSPS) is 17.9. The predicted octanol–water partition coefficient (Wildman–Crippen LogP) is 2.90. The van der Waals surface area contributed by atoms with E-state index in [0.717, 1.165) is 10.9 Å². The molecule has 1 aromatic carbocycles. The van der Waals surface area contributed by atoms with E-state index in [1.54, 1.807) is 4.68 Å². The van der Waals surface area contributed by atoms with Gasteiger partial charge in [-0.1, -0.05) is 29.8 Å². The molecule has 0 saturated heterocycles. The smallest absolute Gasteiger partial charge is 0.175 e. The summed E-state index contributed by atoms with van der Waals surface area (Å²) >= 11 is 6.54. The van der Waals surface area contributed by atoms with Crippen LogP contribution in [0.3, 0.4) is 0 Å². The molecule has 1 aromatic heterocycles. The first-order valence-corrected chi connectivity index (χ1v) is 5.80. The zero-order chi connectivity index (χ0) is 11.9. The average Bonchev–Trinajstić information content (AvgIpc) is 2.77. The second-order valence-electron chi connectivity index (χ2n) is 4.16. The van der Waals surface area contributed by atoms with Gasteiger partial charge in [-0.05, 0) is 18.2 Å². The number of hydrogen-bond acceptors (Lipinski definition) is 2. The summed E-state index contributed by atoms with van der Waals surface area (Å²) in [4.78, 5) is 1.25. The van der Waals surface area contributed by atoms with Crippen LogP contribution in [0.25, 0.3) is 10.9 Å². The minimum absolute atomic E-state index is 0.703. The van der Waals surface area contributed by atoms with Gasteiger partial charge in [-0.15, -0.1) is 0 Å². The number of benzene rings is 1. The van der Waals surface area contributed by atoms with Crippen molar-refractivity contribution in [2.45, 2.75) is 5.00 Å². The first-order valence-electron chi connectivity index (χ1n) is 5.42. The van der Waals surface area contributed by atoms with Crippen molar-refractivity contribution >= 4 is 22.5 Å². The topological polar surface area (TPSA) is 21.1 Å². The third-order valence-electron chi connectivity index (χ3n) is 2.85. The fourth-order valence-corrected chi connectivity index (χ4v) is 2.04. The molecule has 0 saturated carbocycles. The predicted molar refractivity (Wildman–Crippen MR) is 69.6 cm³/mol. The molecule has 1 aliphatic rings. The Morgan fingerprint density at radius 3 is 2.59 bits per heavy atom. The Balaban J connectivity index is 2.09. The highest BCUT2D eigenvalue weighted by atomic mass is 35.5. The Kier molecular flexibility index (Phi) is 2.23. The maximum Gasteiger partial charge on any atom is 0.175 e. The van der Waals surface area contributed by atoms with Crippen LogP contribution in [0.5, 0.6) is 0 Å². The van der Waals surface area contributed by atoms with E-state index < -0.39 is 5.00 Å². The maximum absolute atomic E-state index is 6.54. The van der Waals surface area contributed by atoms with E-state index in [1.165, 1.54) is 0 Å². The van der Waals surface area contributed by atoms with E-state index in [-0.39, 0.29) is 0 Å². The van der Waals surface area contributed by atoms with Gasteiger partial charge in [0.2, 0.25) is 0 Å². The molecule has 0 spiro atoms. The van der Waals surface area contributed by atoms with E-state index >= 15 is 0 Å². The number of halogens is 1. The minimum atomic E-state index is -0.703. The molecule has 0 aliphatic carbocycles. The second-order valence-corrected chi connectivity index (χ2v) is 4.76. The third-order valence-corrected chi connectivity index (χ3v) is 3.28. The molecular formula is C13H12ClN3. The SMILES string of the molecule is CN1C=CC(Cl)(n2cc3ccccc3n2)C=C1. The van der Waals surface area contributed by atoms with Gasteiger partial charge < -0.3 is 4.90 Å². The molecule has 0 bridgehead atoms. The molecule has 1 aliphatic heterocycles. The van der Waals surface area contributed by atoms with Crippen LogP contribution in [0.4, 0.5) is 0 Å². The maximum atomic E-state index is 6.54. The number of fused-ring (bicyclic) bond motifs is 1. The molecule has 0 N–H and O–H groups in total. The van der Waals surface area contributed by atoms with Gasteiger partial charge in [-0.2, -0.15) is 5.10 Å². The number of nitrogens with zero attached hydrogens (tertiary/aromatic N) is 3. The number of allylic oxidation sites excluding steroid dienone is 2. The monoisotopic (exact) mass is 245 g/mol. The van der Waals surface area contributed by atoms with Crippen molar-refractivity contribution in [1.29, 1.82) is 0 Å². The van der Waals surface area contributed by atoms with Gasteiger partial charge >= 0.3 is 0 Å². The summed E-state index contributed by atoms with van der Waals surface area (Å²) < 4.78 is 1.78. The first kappa shape index (κ1) is 10.4. The quantitative estimate of drug-likeness (QED) is 0.721. The lowest BCUT2D eigenvalue weighted by Crippen LogP contribution is -2.26. The highest BCUT2D eigenvalue weighted by molar-refractivity contribution is 6.24. The van der Waals surface area contributed by atoms with Crippen molar-refractivity contribution in [1.82, 2.24) is 14.7 Å². The van der Waals surface area contributed by atoms with Crippen LogP contribution in [0.1, 0.15) is 0 Å². The van der Waals surface area contributed by atoms with Crippen LogP contribution < -0.4 is 0 Å². The van der Waals surface area contributed by atoms with Crippen molar-refractivity contribution in [2.24, 2.45) is 0 Å². The van der Waals surface area contributed by atoms with Gasteiger partial charge in [0, 0.05) is 31.0 Å². The fraction of sp³-hybridized carbons (Fsp3) is 0.154. The van der Waals surface area contributed by atoms with Crippen molar-refractivity contribution < 1.29 is 0 Å². The molecule has 86 valence electrons. The molecule has 3 rings (SSSR count). The molecule has 0 unspecified atom stereocenters. The molecule has 2 aromatic rings. The summed E-state index contributed by atoms with van der Waals surface area (Å²) in [5.41, 5.74) is 0.952. The average molecular weight is 246 g/mol. The van der Waals surface area contributed by atoms with E-state index in [9.17, 15) is 0 Å². The van der Waals surface area contributed by atoms with Gasteiger partial charge in [0.05, 0.1) is 5.52 Å². The highest BCUT2D eigenvalue weighted by Gasteiger charge is 2.26. The van der Waals surface area contributed by atoms with Crippen LogP contribution in [-0.4, -0.2) is 21.7 Å². The summed E-state index contributed by atoms with van der Waals surface area (Å²) in [5, 5.41) is 5.59. The molecule has 0 fully saturated rings. The molecule has 3 nitrogen and oxygen atoms in total. The number of hydrogen-bond donors (Lipinski definition) is 0. The Bertz CT molecular complexity index is 565. The Hall–Kier alpha value is -1.74. The van der Waals surface area contributed by atoms with Crippen LogP contribution in [0.2, 0.25) is 0 Å². The van der Waals surface area contributed by atoms with Crippen molar-refractivity contribution in [2.75, 3.05) is 7.05 Å². The molecule has 17 heavy (non-hydrogen) atoms. The molecule has 4 heteroatoms. The molecule has 0 atom stereocenters. The summed E-state index contributed by atoms with van der Waals surface area (Å²) in [6.07, 6.45) is 9.65. The Morgan fingerprint density at radius 1 is 1.18 bits per heavy atom. The molecular weight excluding hydrogens is 234 g/mol. The lowest BCUT2D eigenvalue weighted by atomic mass is 10.2. The van der Waals surface area contributed by atoms with E-state index in [4.69, 9.17) is 11.6 Å². The number of alkyl halides is 1. The lowest BCUT2D eigenvalue weighted by Gasteiger charge is -2.25. The number of rotatable bonds is 1. The van der Waals surface area contributed by atoms with E-state index in [0.29, 0.717) is 0 Å². The largest absolute Gasteiger partial charge is 0.358 e. The standard InChI is InChI=1S/C13H12ClN3/c1-16-8-6-13(14,7-9-16)17-10-11-4-2-3-5-12(11)15-17/h2-10H,1H3. The van der Waals surface area contributed by atoms with Crippen molar-refractivity contribution in [3.63, 3.8) is 0 Å². The van der Waals surface area contributed by atoms with Gasteiger partial charge in [0.1, 0.15) is 0 Å². The van der Waals surface area contributed by atoms with Crippen molar-refractivity contribution in [3.05, 3.63) is 55.0 Å². The second kappa shape index (κ2) is 3.64. The van der Waals surface area contributed by atoms with Crippen LogP contribution in [-0.2, 0) is 5.00 Å². The van der Waals surface area contributed by atoms with Crippen LogP contribution in [0, 0.1) is 0 Å². The summed E-state index contributed by atoms with van der Waals surface area (Å²) in [6.45, 7) is 0. The van der Waals surface area contributed by atoms with Gasteiger partial charge in [-0.3, -0.25) is 0 Å². The minimum Gasteiger partial charge on any atom is -0.358 e. The Morgan fingerprint density at radius 2 is 1.88 bits per heavy atom. The first-order chi connectivity index (χ1) is 8.17. The van der Waals surface area contributed by atoms with Gasteiger partial charge in [-0.25, -0.2) is 4.68 Å². The van der Waals surface area contributed by atoms with Crippen molar-refractivity contribution in [3.8, 4) is 0 Å². The van der Waals surface area contributed by atoms with Crippen LogP contribution in [0.15, 0.2) is 55.0 Å².